The number of likely N-dealkylation sites (tertiary alicyclic amines) is 1. The molecule has 2 heterocycles. The largest absolute Gasteiger partial charge is 0.480 e. The van der Waals surface area contributed by atoms with E-state index in [1.54, 1.807) is 6.92 Å². The number of carbonyl (C=O) groups excluding carboxylic acids is 1. The Morgan fingerprint density at radius 1 is 1.45 bits per heavy atom. The summed E-state index contributed by atoms with van der Waals surface area (Å²) in [6.45, 7) is 7.85. The lowest BCUT2D eigenvalue weighted by atomic mass is 10.0. The van der Waals surface area contributed by atoms with Crippen molar-refractivity contribution in [2.75, 3.05) is 6.54 Å². The van der Waals surface area contributed by atoms with E-state index in [2.05, 4.69) is 5.16 Å². The van der Waals surface area contributed by atoms with Crippen molar-refractivity contribution in [1.29, 1.82) is 0 Å². The summed E-state index contributed by atoms with van der Waals surface area (Å²) in [7, 11) is 0. The predicted octanol–water partition coefficient (Wildman–Crippen LogP) is 2.04. The van der Waals surface area contributed by atoms with Crippen LogP contribution in [-0.4, -0.2) is 39.6 Å². The predicted molar refractivity (Wildman–Crippen MR) is 71.6 cm³/mol. The number of aromatic nitrogens is 1. The van der Waals surface area contributed by atoms with Gasteiger partial charge in [0.1, 0.15) is 11.6 Å². The van der Waals surface area contributed by atoms with E-state index < -0.39 is 12.0 Å². The lowest BCUT2D eigenvalue weighted by Gasteiger charge is -2.23. The van der Waals surface area contributed by atoms with Gasteiger partial charge in [0, 0.05) is 12.5 Å². The van der Waals surface area contributed by atoms with Gasteiger partial charge in [-0.15, -0.1) is 0 Å². The third-order valence-electron chi connectivity index (χ3n) is 3.84. The number of nitrogens with zero attached hydrogens (tertiary/aromatic N) is 2. The molecule has 110 valence electrons. The van der Waals surface area contributed by atoms with E-state index in [9.17, 15) is 14.7 Å². The van der Waals surface area contributed by atoms with Gasteiger partial charge in [-0.2, -0.15) is 0 Å². The fraction of sp³-hybridized carbons (Fsp3) is 0.643. The summed E-state index contributed by atoms with van der Waals surface area (Å²) in [6, 6.07) is -0.767. The summed E-state index contributed by atoms with van der Waals surface area (Å²) in [4.78, 5) is 25.5. The number of rotatable bonds is 3. The lowest BCUT2D eigenvalue weighted by molar-refractivity contribution is -0.142. The molecule has 20 heavy (non-hydrogen) atoms. The summed E-state index contributed by atoms with van der Waals surface area (Å²) in [5.41, 5.74) is 0.933. The minimum absolute atomic E-state index is 0.0263. The summed E-state index contributed by atoms with van der Waals surface area (Å²) < 4.78 is 5.22. The fourth-order valence-electron chi connectivity index (χ4n) is 2.74. The van der Waals surface area contributed by atoms with E-state index in [4.69, 9.17) is 4.52 Å². The van der Waals surface area contributed by atoms with Crippen LogP contribution in [0.5, 0.6) is 0 Å². The van der Waals surface area contributed by atoms with Crippen molar-refractivity contribution in [2.24, 2.45) is 5.92 Å². The third-order valence-corrected chi connectivity index (χ3v) is 3.84. The molecule has 1 aliphatic rings. The molecule has 1 saturated heterocycles. The second-order valence-corrected chi connectivity index (χ2v) is 5.71. The molecule has 1 aromatic heterocycles. The van der Waals surface area contributed by atoms with Gasteiger partial charge in [0.15, 0.2) is 5.76 Å². The van der Waals surface area contributed by atoms with Crippen LogP contribution in [0.15, 0.2) is 4.52 Å². The first-order chi connectivity index (χ1) is 9.34. The Kier molecular flexibility index (Phi) is 3.83. The number of amides is 1. The Balaban J connectivity index is 2.37. The zero-order valence-corrected chi connectivity index (χ0v) is 12.2. The number of carboxylic acid groups (broad SMARTS) is 1. The van der Waals surface area contributed by atoms with Crippen molar-refractivity contribution in [1.82, 2.24) is 10.1 Å². The average molecular weight is 280 g/mol. The molecule has 2 unspecified atom stereocenters. The van der Waals surface area contributed by atoms with Crippen molar-refractivity contribution in [3.8, 4) is 0 Å². The normalized spacial score (nSPS) is 22.6. The smallest absolute Gasteiger partial charge is 0.326 e. The van der Waals surface area contributed by atoms with Gasteiger partial charge >= 0.3 is 5.97 Å². The summed E-state index contributed by atoms with van der Waals surface area (Å²) in [5.74, 6) is -0.735. The van der Waals surface area contributed by atoms with Crippen LogP contribution >= 0.6 is 0 Å². The van der Waals surface area contributed by atoms with E-state index >= 15 is 0 Å². The second kappa shape index (κ2) is 5.26. The highest BCUT2D eigenvalue weighted by molar-refractivity contribution is 5.98. The van der Waals surface area contributed by atoms with Crippen molar-refractivity contribution >= 4 is 11.9 Å². The molecule has 6 nitrogen and oxygen atoms in total. The Bertz CT molecular complexity index is 535. The molecule has 0 bridgehead atoms. The van der Waals surface area contributed by atoms with Crippen molar-refractivity contribution in [2.45, 2.75) is 46.1 Å². The van der Waals surface area contributed by atoms with E-state index in [0.717, 1.165) is 0 Å². The van der Waals surface area contributed by atoms with Crippen LogP contribution in [0.2, 0.25) is 0 Å². The van der Waals surface area contributed by atoms with E-state index in [-0.39, 0.29) is 17.7 Å². The monoisotopic (exact) mass is 280 g/mol. The summed E-state index contributed by atoms with van der Waals surface area (Å²) >= 11 is 0. The van der Waals surface area contributed by atoms with Crippen molar-refractivity contribution < 1.29 is 19.2 Å². The molecule has 0 aliphatic carbocycles. The fourth-order valence-corrected chi connectivity index (χ4v) is 2.74. The Hall–Kier alpha value is -1.85. The number of carboxylic acids is 1. The molecule has 1 aromatic rings. The van der Waals surface area contributed by atoms with Crippen LogP contribution in [0.3, 0.4) is 0 Å². The zero-order chi connectivity index (χ0) is 15.0. The van der Waals surface area contributed by atoms with Crippen LogP contribution in [0.25, 0.3) is 0 Å². The minimum Gasteiger partial charge on any atom is -0.480 e. The molecular formula is C14H20N2O4. The summed E-state index contributed by atoms with van der Waals surface area (Å²) in [6.07, 6.45) is 0.698. The topological polar surface area (TPSA) is 83.6 Å². The first-order valence-electron chi connectivity index (χ1n) is 6.84. The first kappa shape index (κ1) is 14.6. The second-order valence-electron chi connectivity index (χ2n) is 5.71. The Labute approximate surface area is 117 Å². The Morgan fingerprint density at radius 2 is 2.10 bits per heavy atom. The molecule has 1 amide bonds. The van der Waals surface area contributed by atoms with Crippen molar-refractivity contribution in [3.05, 3.63) is 17.0 Å². The van der Waals surface area contributed by atoms with Crippen LogP contribution in [0.4, 0.5) is 0 Å². The highest BCUT2D eigenvalue weighted by atomic mass is 16.5. The highest BCUT2D eigenvalue weighted by Crippen LogP contribution is 2.29. The molecule has 6 heteroatoms. The quantitative estimate of drug-likeness (QED) is 0.916. The highest BCUT2D eigenvalue weighted by Gasteiger charge is 2.41. The first-order valence-corrected chi connectivity index (χ1v) is 6.84. The van der Waals surface area contributed by atoms with Crippen LogP contribution in [0, 0.1) is 12.8 Å². The van der Waals surface area contributed by atoms with Gasteiger partial charge in [-0.3, -0.25) is 4.79 Å². The third kappa shape index (κ3) is 2.30. The van der Waals surface area contributed by atoms with E-state index in [0.29, 0.717) is 30.0 Å². The number of carbonyl (C=O) groups is 2. The number of aryl methyl sites for hydroxylation is 1. The molecular weight excluding hydrogens is 260 g/mol. The molecule has 0 radical (unpaired) electrons. The molecule has 1 fully saturated rings. The maximum Gasteiger partial charge on any atom is 0.326 e. The average Bonchev–Trinajstić information content (AvgIpc) is 2.91. The standard InChI is InChI=1S/C14H20N2O4/c1-7(2)12-10(9(4)15-20-12)13(17)16-6-5-8(3)11(16)14(18)19/h7-8,11H,5-6H2,1-4H3,(H,18,19). The SMILES string of the molecule is Cc1noc(C(C)C)c1C(=O)N1CCC(C)C1C(=O)O. The Morgan fingerprint density at radius 3 is 2.65 bits per heavy atom. The van der Waals surface area contributed by atoms with Gasteiger partial charge in [-0.25, -0.2) is 4.79 Å². The molecule has 2 rings (SSSR count). The van der Waals surface area contributed by atoms with Crippen LogP contribution in [0.1, 0.15) is 54.9 Å². The zero-order valence-electron chi connectivity index (χ0n) is 12.2. The molecule has 2 atom stereocenters. The van der Waals surface area contributed by atoms with Crippen molar-refractivity contribution in [3.63, 3.8) is 0 Å². The number of hydrogen-bond acceptors (Lipinski definition) is 4. The van der Waals surface area contributed by atoms with Gasteiger partial charge < -0.3 is 14.5 Å². The van der Waals surface area contributed by atoms with Crippen LogP contribution in [-0.2, 0) is 4.79 Å². The minimum atomic E-state index is -0.955. The molecule has 0 spiro atoms. The molecule has 0 aromatic carbocycles. The molecule has 1 aliphatic heterocycles. The van der Waals surface area contributed by atoms with E-state index in [1.807, 2.05) is 20.8 Å². The maximum absolute atomic E-state index is 12.7. The van der Waals surface area contributed by atoms with Crippen LogP contribution < -0.4 is 0 Å². The molecule has 0 saturated carbocycles. The lowest BCUT2D eigenvalue weighted by Crippen LogP contribution is -2.43. The number of hydrogen-bond donors (Lipinski definition) is 1. The van der Waals surface area contributed by atoms with Gasteiger partial charge in [0.2, 0.25) is 0 Å². The van der Waals surface area contributed by atoms with Gasteiger partial charge in [-0.1, -0.05) is 25.9 Å². The maximum atomic E-state index is 12.7. The van der Waals surface area contributed by atoms with Gasteiger partial charge in [0.25, 0.3) is 5.91 Å². The van der Waals surface area contributed by atoms with E-state index in [1.165, 1.54) is 4.90 Å². The summed E-state index contributed by atoms with van der Waals surface area (Å²) in [5, 5.41) is 13.2. The molecule has 1 N–H and O–H groups in total. The van der Waals surface area contributed by atoms with Gasteiger partial charge in [0.05, 0.1) is 5.69 Å². The van der Waals surface area contributed by atoms with Gasteiger partial charge in [-0.05, 0) is 19.3 Å². The number of aliphatic carboxylic acids is 1.